The summed E-state index contributed by atoms with van der Waals surface area (Å²) in [6.07, 6.45) is 18.6. The number of fused-ring (bicyclic) bond motifs is 6. The van der Waals surface area contributed by atoms with Crippen molar-refractivity contribution in [1.82, 2.24) is 0 Å². The van der Waals surface area contributed by atoms with Gasteiger partial charge in [-0.1, -0.05) is 115 Å². The minimum absolute atomic E-state index is 0.0580. The molecule has 2 aliphatic heterocycles. The maximum absolute atomic E-state index is 10.4. The third kappa shape index (κ3) is 3.06. The Bertz CT molecular complexity index is 2560. The summed E-state index contributed by atoms with van der Waals surface area (Å²) in [5.41, 5.74) is 16.2. The lowest BCUT2D eigenvalue weighted by Gasteiger charge is -2.49. The van der Waals surface area contributed by atoms with Crippen LogP contribution in [0.1, 0.15) is 11.1 Å². The second-order valence-corrected chi connectivity index (χ2v) is 13.2. The Labute approximate surface area is 267 Å². The minimum Gasteiger partial charge on any atom is -0.311 e. The van der Waals surface area contributed by atoms with E-state index in [1.54, 1.807) is 0 Å². The number of rotatable bonds is 1. The van der Waals surface area contributed by atoms with E-state index in [4.69, 9.17) is 0 Å². The van der Waals surface area contributed by atoms with E-state index < -0.39 is 0 Å². The molecule has 11 rings (SSSR count). The molecule has 0 radical (unpaired) electrons. The lowest BCUT2D eigenvalue weighted by Crippen LogP contribution is -2.56. The van der Waals surface area contributed by atoms with Gasteiger partial charge in [0.15, 0.2) is 0 Å². The van der Waals surface area contributed by atoms with E-state index in [2.05, 4.69) is 151 Å². The third-order valence-electron chi connectivity index (χ3n) is 11.0. The van der Waals surface area contributed by atoms with Crippen molar-refractivity contribution in [1.29, 1.82) is 5.26 Å². The summed E-state index contributed by atoms with van der Waals surface area (Å²) in [6, 6.07) is 35.6. The second-order valence-electron chi connectivity index (χ2n) is 13.2. The largest absolute Gasteiger partial charge is 0.311 e. The molecule has 0 saturated carbocycles. The van der Waals surface area contributed by atoms with Crippen molar-refractivity contribution in [3.8, 4) is 6.07 Å². The monoisotopic (exact) mass is 580 g/mol. The molecule has 0 amide bonds. The van der Waals surface area contributed by atoms with Gasteiger partial charge in [0.2, 0.25) is 6.71 Å². The van der Waals surface area contributed by atoms with Crippen LogP contribution in [0.15, 0.2) is 167 Å². The van der Waals surface area contributed by atoms with Crippen molar-refractivity contribution in [2.75, 3.05) is 4.90 Å². The number of allylic oxidation sites excluding steroid dienone is 14. The van der Waals surface area contributed by atoms with Crippen molar-refractivity contribution >= 4 is 61.8 Å². The molecule has 210 valence electrons. The van der Waals surface area contributed by atoms with Gasteiger partial charge in [0.1, 0.15) is 0 Å². The van der Waals surface area contributed by atoms with Gasteiger partial charge >= 0.3 is 0 Å². The molecular formula is C43H25BN2. The molecule has 0 aromatic heterocycles. The number of nitriles is 1. The topological polar surface area (TPSA) is 27.0 Å². The molecule has 0 saturated heterocycles. The predicted molar refractivity (Wildman–Crippen MR) is 190 cm³/mol. The standard InChI is InChI=1S/C43H25BN2/c45-24-25-18-35-34-17-15-28-13-12-27-10-5-11-32-22-37(42(34)41(28)40(27)32)44-36-21-30-8-3-4-9-31(30)23-38(36)46(39(19-25)43(35)44)33-16-14-26-6-1-2-7-29(26)20-33/h1-23,40-41H. The second kappa shape index (κ2) is 8.65. The summed E-state index contributed by atoms with van der Waals surface area (Å²) < 4.78 is 0. The van der Waals surface area contributed by atoms with E-state index in [1.807, 2.05) is 0 Å². The van der Waals surface area contributed by atoms with Crippen LogP contribution in [0.2, 0.25) is 0 Å². The fourth-order valence-electron chi connectivity index (χ4n) is 9.12. The highest BCUT2D eigenvalue weighted by Gasteiger charge is 2.50. The first kappa shape index (κ1) is 24.5. The SMILES string of the molecule is N#Cc1cc2c3c(c1)N(c1ccc4ccccc4c1)c1cc4ccccc4cc1B3C1=CC3=CC=CC4=CC=C5C=CC2=C1C5C43. The first-order valence-electron chi connectivity index (χ1n) is 16.1. The summed E-state index contributed by atoms with van der Waals surface area (Å²) in [5.74, 6) is 0.610. The zero-order valence-electron chi connectivity index (χ0n) is 24.9. The van der Waals surface area contributed by atoms with Gasteiger partial charge in [-0.15, -0.1) is 0 Å². The average molecular weight is 580 g/mol. The van der Waals surface area contributed by atoms with Crippen molar-refractivity contribution in [3.63, 3.8) is 0 Å². The van der Waals surface area contributed by atoms with Crippen molar-refractivity contribution in [2.24, 2.45) is 11.8 Å². The average Bonchev–Trinajstić information content (AvgIpc) is 3.11. The van der Waals surface area contributed by atoms with Gasteiger partial charge in [0.25, 0.3) is 0 Å². The summed E-state index contributed by atoms with van der Waals surface area (Å²) in [4.78, 5) is 2.42. The number of benzene rings is 5. The summed E-state index contributed by atoms with van der Waals surface area (Å²) in [5, 5.41) is 15.3. The van der Waals surface area contributed by atoms with Crippen LogP contribution >= 0.6 is 0 Å². The molecule has 2 atom stereocenters. The van der Waals surface area contributed by atoms with E-state index >= 15 is 0 Å². The smallest absolute Gasteiger partial charge is 0.247 e. The summed E-state index contributed by atoms with van der Waals surface area (Å²) in [6.45, 7) is 0.0580. The Balaban J connectivity index is 1.28. The van der Waals surface area contributed by atoms with Gasteiger partial charge < -0.3 is 4.90 Å². The lowest BCUT2D eigenvalue weighted by atomic mass is 9.29. The molecule has 0 fully saturated rings. The molecule has 2 unspecified atom stereocenters. The summed E-state index contributed by atoms with van der Waals surface area (Å²) in [7, 11) is 0. The van der Waals surface area contributed by atoms with Gasteiger partial charge in [-0.05, 0) is 96.2 Å². The normalized spacial score (nSPS) is 20.8. The van der Waals surface area contributed by atoms with E-state index in [0.717, 1.165) is 11.4 Å². The molecule has 46 heavy (non-hydrogen) atoms. The number of hydrogen-bond acceptors (Lipinski definition) is 2. The Morgan fingerprint density at radius 2 is 1.41 bits per heavy atom. The van der Waals surface area contributed by atoms with Gasteiger partial charge in [-0.25, -0.2) is 0 Å². The molecule has 3 heteroatoms. The van der Waals surface area contributed by atoms with Gasteiger partial charge in [-0.2, -0.15) is 5.26 Å². The zero-order chi connectivity index (χ0) is 30.1. The molecule has 2 heterocycles. The van der Waals surface area contributed by atoms with Crippen molar-refractivity contribution < 1.29 is 0 Å². The van der Waals surface area contributed by atoms with Gasteiger partial charge in [0.05, 0.1) is 11.6 Å². The number of anilines is 3. The van der Waals surface area contributed by atoms with Crippen LogP contribution in [0.25, 0.3) is 27.1 Å². The Morgan fingerprint density at radius 1 is 0.652 bits per heavy atom. The zero-order valence-corrected chi connectivity index (χ0v) is 24.9. The maximum Gasteiger partial charge on any atom is 0.247 e. The first-order chi connectivity index (χ1) is 22.7. The highest BCUT2D eigenvalue weighted by Crippen LogP contribution is 2.56. The van der Waals surface area contributed by atoms with Gasteiger partial charge in [0, 0.05) is 28.9 Å². The Kier molecular flexibility index (Phi) is 4.60. The molecule has 5 aromatic carbocycles. The van der Waals surface area contributed by atoms with E-state index in [1.165, 1.54) is 77.1 Å². The highest BCUT2D eigenvalue weighted by molar-refractivity contribution is 6.95. The Morgan fingerprint density at radius 3 is 2.24 bits per heavy atom. The van der Waals surface area contributed by atoms with Crippen LogP contribution in [-0.4, -0.2) is 6.71 Å². The van der Waals surface area contributed by atoms with Gasteiger partial charge in [-0.3, -0.25) is 0 Å². The van der Waals surface area contributed by atoms with Crippen LogP contribution < -0.4 is 15.8 Å². The van der Waals surface area contributed by atoms with Crippen molar-refractivity contribution in [2.45, 2.75) is 0 Å². The molecule has 5 aromatic rings. The maximum atomic E-state index is 10.4. The third-order valence-corrected chi connectivity index (χ3v) is 11.0. The Hall–Kier alpha value is -5.85. The van der Waals surface area contributed by atoms with E-state index in [0.29, 0.717) is 11.5 Å². The minimum atomic E-state index is 0.0580. The van der Waals surface area contributed by atoms with Crippen LogP contribution in [0.3, 0.4) is 0 Å². The van der Waals surface area contributed by atoms with E-state index in [-0.39, 0.29) is 12.6 Å². The molecule has 2 nitrogen and oxygen atoms in total. The van der Waals surface area contributed by atoms with E-state index in [9.17, 15) is 5.26 Å². The highest BCUT2D eigenvalue weighted by atomic mass is 15.2. The molecule has 4 aliphatic carbocycles. The number of nitrogens with zero attached hydrogens (tertiary/aromatic N) is 2. The van der Waals surface area contributed by atoms with Crippen molar-refractivity contribution in [3.05, 3.63) is 178 Å². The molecule has 6 aliphatic rings. The lowest BCUT2D eigenvalue weighted by molar-refractivity contribution is 0.563. The van der Waals surface area contributed by atoms with Crippen LogP contribution in [0.4, 0.5) is 17.1 Å². The fourth-order valence-corrected chi connectivity index (χ4v) is 9.12. The predicted octanol–water partition coefficient (Wildman–Crippen LogP) is 8.67. The molecule has 0 bridgehead atoms. The summed E-state index contributed by atoms with van der Waals surface area (Å²) >= 11 is 0. The van der Waals surface area contributed by atoms with Crippen LogP contribution in [-0.2, 0) is 0 Å². The number of hydrogen-bond donors (Lipinski definition) is 0. The molecule has 0 N–H and O–H groups in total. The quantitative estimate of drug-likeness (QED) is 0.186. The first-order valence-corrected chi connectivity index (χ1v) is 16.1. The van der Waals surface area contributed by atoms with Crippen LogP contribution in [0.5, 0.6) is 0 Å². The molecular weight excluding hydrogens is 555 g/mol. The molecule has 0 spiro atoms. The fraction of sp³-hybridized carbons (Fsp3) is 0.0465. The van der Waals surface area contributed by atoms with Crippen LogP contribution in [0, 0.1) is 23.2 Å².